The Morgan fingerprint density at radius 2 is 0.959 bits per heavy atom. The maximum absolute atomic E-state index is 6.21. The molecule has 11 aromatic rings. The third-order valence-corrected chi connectivity index (χ3v) is 10.3. The minimum atomic E-state index is 0.913. The predicted molar refractivity (Wildman–Crippen MR) is 205 cm³/mol. The van der Waals surface area contributed by atoms with Gasteiger partial charge in [0.2, 0.25) is 0 Å². The molecule has 11 rings (SSSR count). The van der Waals surface area contributed by atoms with Crippen molar-refractivity contribution in [2.75, 3.05) is 0 Å². The highest BCUT2D eigenvalue weighted by atomic mass is 16.3. The summed E-state index contributed by atoms with van der Waals surface area (Å²) in [7, 11) is 0. The minimum Gasteiger partial charge on any atom is -0.456 e. The lowest BCUT2D eigenvalue weighted by molar-refractivity contribution is 0.669. The molecule has 49 heavy (non-hydrogen) atoms. The molecule has 0 spiro atoms. The second-order valence-corrected chi connectivity index (χ2v) is 12.9. The molecule has 0 amide bonds. The molecule has 3 heteroatoms. The van der Waals surface area contributed by atoms with Gasteiger partial charge in [0.05, 0.1) is 22.1 Å². The van der Waals surface area contributed by atoms with E-state index in [2.05, 4.69) is 167 Å². The number of benzene rings is 8. The summed E-state index contributed by atoms with van der Waals surface area (Å²) in [4.78, 5) is 0. The highest BCUT2D eigenvalue weighted by Crippen LogP contribution is 2.42. The number of hydrogen-bond donors (Lipinski definition) is 0. The van der Waals surface area contributed by atoms with E-state index in [0.717, 1.165) is 44.4 Å². The average Bonchev–Trinajstić information content (AvgIpc) is 3.81. The van der Waals surface area contributed by atoms with Crippen LogP contribution in [0.25, 0.3) is 98.8 Å². The fourth-order valence-electron chi connectivity index (χ4n) is 8.07. The van der Waals surface area contributed by atoms with E-state index in [0.29, 0.717) is 0 Å². The van der Waals surface area contributed by atoms with Crippen LogP contribution in [0.5, 0.6) is 0 Å². The Bertz CT molecular complexity index is 3090. The lowest BCUT2D eigenvalue weighted by atomic mass is 10.0. The lowest BCUT2D eigenvalue weighted by Gasteiger charge is -2.11. The predicted octanol–water partition coefficient (Wildman–Crippen LogP) is 12.6. The monoisotopic (exact) mass is 624 g/mol. The van der Waals surface area contributed by atoms with Crippen LogP contribution in [-0.4, -0.2) is 9.13 Å². The summed E-state index contributed by atoms with van der Waals surface area (Å²) in [5.41, 5.74) is 11.3. The van der Waals surface area contributed by atoms with Gasteiger partial charge in [0.1, 0.15) is 11.2 Å². The van der Waals surface area contributed by atoms with Gasteiger partial charge in [-0.2, -0.15) is 0 Å². The Kier molecular flexibility index (Phi) is 5.38. The van der Waals surface area contributed by atoms with Gasteiger partial charge in [0.15, 0.2) is 0 Å². The Balaban J connectivity index is 1.15. The Hall–Kier alpha value is -6.58. The van der Waals surface area contributed by atoms with Crippen molar-refractivity contribution in [2.45, 2.75) is 0 Å². The topological polar surface area (TPSA) is 23.0 Å². The van der Waals surface area contributed by atoms with E-state index in [1.807, 2.05) is 12.1 Å². The molecular formula is C46H28N2O. The van der Waals surface area contributed by atoms with Crippen LogP contribution in [0.2, 0.25) is 0 Å². The van der Waals surface area contributed by atoms with Gasteiger partial charge in [-0.05, 0) is 77.2 Å². The van der Waals surface area contributed by atoms with Crippen molar-refractivity contribution >= 4 is 76.3 Å². The molecule has 0 saturated carbocycles. The molecular weight excluding hydrogens is 597 g/mol. The highest BCUT2D eigenvalue weighted by molar-refractivity contribution is 6.23. The van der Waals surface area contributed by atoms with Crippen molar-refractivity contribution in [3.8, 4) is 22.5 Å². The number of furan rings is 1. The first-order valence-corrected chi connectivity index (χ1v) is 16.8. The van der Waals surface area contributed by atoms with E-state index in [1.165, 1.54) is 54.4 Å². The molecule has 0 fully saturated rings. The van der Waals surface area contributed by atoms with E-state index >= 15 is 0 Å². The van der Waals surface area contributed by atoms with Crippen molar-refractivity contribution in [1.29, 1.82) is 0 Å². The van der Waals surface area contributed by atoms with E-state index in [4.69, 9.17) is 4.42 Å². The van der Waals surface area contributed by atoms with E-state index in [9.17, 15) is 0 Å². The molecule has 3 heterocycles. The van der Waals surface area contributed by atoms with Gasteiger partial charge in [-0.15, -0.1) is 0 Å². The zero-order valence-corrected chi connectivity index (χ0v) is 26.5. The van der Waals surface area contributed by atoms with Crippen LogP contribution in [0, 0.1) is 0 Å². The number of aromatic nitrogens is 2. The third-order valence-electron chi connectivity index (χ3n) is 10.3. The molecule has 3 aromatic heterocycles. The molecule has 3 nitrogen and oxygen atoms in total. The molecule has 228 valence electrons. The standard InChI is InChI=1S/C46H28N2O/c1-2-11-32(12-3-1)48-43-28-42-39(27-40(43)38-25-20-30-10-4-5-13-34(30)46(38)48)35-14-6-8-16-41(35)47(42)33-22-18-29(19-23-33)31-21-24-37-36-15-7-9-17-44(36)49-45(37)26-31/h1-28H. The second-order valence-electron chi connectivity index (χ2n) is 12.9. The Morgan fingerprint density at radius 1 is 0.327 bits per heavy atom. The van der Waals surface area contributed by atoms with Crippen LogP contribution >= 0.6 is 0 Å². The van der Waals surface area contributed by atoms with Crippen molar-refractivity contribution < 1.29 is 4.42 Å². The molecule has 0 aliphatic carbocycles. The normalized spacial score (nSPS) is 12.1. The summed E-state index contributed by atoms with van der Waals surface area (Å²) in [5, 5.41) is 9.83. The zero-order valence-electron chi connectivity index (χ0n) is 26.5. The summed E-state index contributed by atoms with van der Waals surface area (Å²) in [6.07, 6.45) is 0. The lowest BCUT2D eigenvalue weighted by Crippen LogP contribution is -1.96. The first-order chi connectivity index (χ1) is 24.3. The molecule has 0 radical (unpaired) electrons. The smallest absolute Gasteiger partial charge is 0.136 e. The molecule has 8 aromatic carbocycles. The minimum absolute atomic E-state index is 0.913. The molecule has 0 N–H and O–H groups in total. The van der Waals surface area contributed by atoms with Gasteiger partial charge in [0.25, 0.3) is 0 Å². The largest absolute Gasteiger partial charge is 0.456 e. The van der Waals surface area contributed by atoms with Crippen LogP contribution < -0.4 is 0 Å². The van der Waals surface area contributed by atoms with Gasteiger partial charge in [-0.1, -0.05) is 109 Å². The zero-order chi connectivity index (χ0) is 32.1. The summed E-state index contributed by atoms with van der Waals surface area (Å²) < 4.78 is 11.1. The molecule has 0 unspecified atom stereocenters. The van der Waals surface area contributed by atoms with Crippen LogP contribution in [0.4, 0.5) is 0 Å². The second kappa shape index (κ2) is 9.96. The summed E-state index contributed by atoms with van der Waals surface area (Å²) in [6.45, 7) is 0. The van der Waals surface area contributed by atoms with Crippen molar-refractivity contribution in [2.24, 2.45) is 0 Å². The molecule has 0 saturated heterocycles. The number of nitrogens with zero attached hydrogens (tertiary/aromatic N) is 2. The quantitative estimate of drug-likeness (QED) is 0.192. The maximum atomic E-state index is 6.21. The Morgan fingerprint density at radius 3 is 1.84 bits per heavy atom. The summed E-state index contributed by atoms with van der Waals surface area (Å²) >= 11 is 0. The summed E-state index contributed by atoms with van der Waals surface area (Å²) in [6, 6.07) is 61.3. The van der Waals surface area contributed by atoms with Gasteiger partial charge >= 0.3 is 0 Å². The fraction of sp³-hybridized carbons (Fsp3) is 0. The number of rotatable bonds is 3. The average molecular weight is 625 g/mol. The van der Waals surface area contributed by atoms with E-state index in [-0.39, 0.29) is 0 Å². The van der Waals surface area contributed by atoms with Crippen LogP contribution in [-0.2, 0) is 0 Å². The van der Waals surface area contributed by atoms with Crippen molar-refractivity contribution in [1.82, 2.24) is 9.13 Å². The van der Waals surface area contributed by atoms with Gasteiger partial charge in [-0.3, -0.25) is 0 Å². The maximum Gasteiger partial charge on any atom is 0.136 e. The molecule has 0 bridgehead atoms. The third kappa shape index (κ3) is 3.78. The molecule has 0 aliphatic rings. The van der Waals surface area contributed by atoms with Crippen molar-refractivity contribution in [3.63, 3.8) is 0 Å². The highest BCUT2D eigenvalue weighted by Gasteiger charge is 2.20. The first kappa shape index (κ1) is 26.5. The van der Waals surface area contributed by atoms with Gasteiger partial charge in [0, 0.05) is 49.1 Å². The van der Waals surface area contributed by atoms with Gasteiger partial charge in [-0.25, -0.2) is 0 Å². The van der Waals surface area contributed by atoms with E-state index in [1.54, 1.807) is 0 Å². The SMILES string of the molecule is c1ccc(-n2c3cc4c(cc3c3ccc5ccccc5c32)c2ccccc2n4-c2ccc(-c3ccc4c(c3)oc3ccccc34)cc2)cc1. The number of fused-ring (bicyclic) bond motifs is 11. The molecule has 0 atom stereocenters. The first-order valence-electron chi connectivity index (χ1n) is 16.8. The molecule has 0 aliphatic heterocycles. The van der Waals surface area contributed by atoms with Crippen molar-refractivity contribution in [3.05, 3.63) is 170 Å². The van der Waals surface area contributed by atoms with Crippen LogP contribution in [0.15, 0.2) is 174 Å². The number of hydrogen-bond acceptors (Lipinski definition) is 1. The van der Waals surface area contributed by atoms with E-state index < -0.39 is 0 Å². The van der Waals surface area contributed by atoms with Gasteiger partial charge < -0.3 is 13.6 Å². The number of para-hydroxylation sites is 3. The van der Waals surface area contributed by atoms with Crippen LogP contribution in [0.3, 0.4) is 0 Å². The fourth-order valence-corrected chi connectivity index (χ4v) is 8.07. The van der Waals surface area contributed by atoms with Crippen LogP contribution in [0.1, 0.15) is 0 Å². The Labute approximate surface area is 281 Å². The summed E-state index contributed by atoms with van der Waals surface area (Å²) in [5.74, 6) is 0.